The second kappa shape index (κ2) is 8.05. The Morgan fingerprint density at radius 2 is 1.97 bits per heavy atom. The summed E-state index contributed by atoms with van der Waals surface area (Å²) in [7, 11) is 0. The van der Waals surface area contributed by atoms with Crippen LogP contribution in [0.25, 0.3) is 16.6 Å². The summed E-state index contributed by atoms with van der Waals surface area (Å²) in [6, 6.07) is 13.1. The highest BCUT2D eigenvalue weighted by molar-refractivity contribution is 6.35. The van der Waals surface area contributed by atoms with Gasteiger partial charge in [-0.25, -0.2) is 14.4 Å². The minimum Gasteiger partial charge on any atom is -0.382 e. The van der Waals surface area contributed by atoms with Gasteiger partial charge in [-0.3, -0.25) is 9.20 Å². The van der Waals surface area contributed by atoms with E-state index in [0.29, 0.717) is 22.2 Å². The fourth-order valence-corrected chi connectivity index (χ4v) is 3.90. The van der Waals surface area contributed by atoms with Crippen molar-refractivity contribution in [2.45, 2.75) is 13.0 Å². The molecule has 0 radical (unpaired) electrons. The summed E-state index contributed by atoms with van der Waals surface area (Å²) in [6.07, 6.45) is 2.35. The minimum atomic E-state index is -0.557. The molecular formula is C22H16ClFN6O. The number of hydrogen-bond acceptors (Lipinski definition) is 6. The van der Waals surface area contributed by atoms with Crippen LogP contribution in [0, 0.1) is 17.1 Å². The number of pyridine rings is 2. The number of halogens is 2. The number of anilines is 2. The molecule has 0 aliphatic carbocycles. The molecule has 0 aliphatic heterocycles. The van der Waals surface area contributed by atoms with Gasteiger partial charge in [-0.1, -0.05) is 41.9 Å². The number of rotatable bonds is 4. The van der Waals surface area contributed by atoms with Crippen molar-refractivity contribution in [1.29, 1.82) is 5.26 Å². The number of nitriles is 1. The quantitative estimate of drug-likeness (QED) is 0.498. The number of nitrogen functional groups attached to an aromatic ring is 1. The molecule has 31 heavy (non-hydrogen) atoms. The third-order valence-corrected chi connectivity index (χ3v) is 5.31. The van der Waals surface area contributed by atoms with Crippen LogP contribution in [0.15, 0.2) is 59.8 Å². The first kappa shape index (κ1) is 20.3. The molecule has 4 aromatic rings. The van der Waals surface area contributed by atoms with Crippen LogP contribution >= 0.6 is 11.6 Å². The second-order valence-electron chi connectivity index (χ2n) is 6.84. The highest BCUT2D eigenvalue weighted by Crippen LogP contribution is 2.36. The van der Waals surface area contributed by atoms with Crippen molar-refractivity contribution in [2.24, 2.45) is 0 Å². The molecule has 7 nitrogen and oxygen atoms in total. The van der Waals surface area contributed by atoms with Crippen LogP contribution in [0.5, 0.6) is 0 Å². The largest absolute Gasteiger partial charge is 0.382 e. The number of nitrogens with one attached hydrogen (secondary N) is 1. The van der Waals surface area contributed by atoms with Crippen molar-refractivity contribution in [2.75, 3.05) is 11.1 Å². The first-order valence-corrected chi connectivity index (χ1v) is 9.66. The first-order valence-electron chi connectivity index (χ1n) is 9.28. The molecule has 0 aliphatic rings. The average molecular weight is 435 g/mol. The van der Waals surface area contributed by atoms with Gasteiger partial charge >= 0.3 is 0 Å². The van der Waals surface area contributed by atoms with Gasteiger partial charge in [0.15, 0.2) is 0 Å². The predicted octanol–water partition coefficient (Wildman–Crippen LogP) is 4.18. The summed E-state index contributed by atoms with van der Waals surface area (Å²) in [5, 5.41) is 12.8. The first-order chi connectivity index (χ1) is 14.9. The molecule has 0 bridgehead atoms. The van der Waals surface area contributed by atoms with E-state index in [4.69, 9.17) is 17.3 Å². The molecule has 4 rings (SSSR count). The van der Waals surface area contributed by atoms with Crippen LogP contribution in [0.4, 0.5) is 16.0 Å². The molecule has 0 spiro atoms. The summed E-state index contributed by atoms with van der Waals surface area (Å²) in [5.41, 5.74) is 7.24. The zero-order valence-electron chi connectivity index (χ0n) is 16.3. The fourth-order valence-electron chi connectivity index (χ4n) is 3.49. The van der Waals surface area contributed by atoms with E-state index in [1.807, 2.05) is 12.1 Å². The third kappa shape index (κ3) is 3.56. The lowest BCUT2D eigenvalue weighted by Crippen LogP contribution is -2.22. The second-order valence-corrected chi connectivity index (χ2v) is 7.21. The molecule has 0 fully saturated rings. The van der Waals surface area contributed by atoms with Gasteiger partial charge in [-0.05, 0) is 24.6 Å². The molecule has 1 atom stereocenters. The lowest BCUT2D eigenvalue weighted by atomic mass is 9.96. The number of fused-ring (bicyclic) bond motifs is 1. The van der Waals surface area contributed by atoms with Crippen molar-refractivity contribution in [3.05, 3.63) is 87.3 Å². The van der Waals surface area contributed by atoms with Crippen molar-refractivity contribution in [1.82, 2.24) is 14.4 Å². The Morgan fingerprint density at radius 1 is 1.23 bits per heavy atom. The summed E-state index contributed by atoms with van der Waals surface area (Å²) in [4.78, 5) is 21.3. The average Bonchev–Trinajstić information content (AvgIpc) is 2.76. The van der Waals surface area contributed by atoms with Gasteiger partial charge in [-0.15, -0.1) is 0 Å². The SMILES string of the molecule is C[C@H](Nc1ncnc(N)c1C#N)c1c(-c2ccccc2)c(=O)n2cc(F)ccc2c1Cl. The van der Waals surface area contributed by atoms with Crippen LogP contribution in [0.3, 0.4) is 0 Å². The van der Waals surface area contributed by atoms with Gasteiger partial charge in [0.25, 0.3) is 5.56 Å². The molecule has 0 amide bonds. The zero-order valence-corrected chi connectivity index (χ0v) is 17.1. The number of aromatic nitrogens is 3. The van der Waals surface area contributed by atoms with Crippen molar-refractivity contribution in [3.63, 3.8) is 0 Å². The molecule has 3 heterocycles. The Bertz CT molecular complexity index is 1400. The van der Waals surface area contributed by atoms with Gasteiger partial charge in [0.2, 0.25) is 0 Å². The summed E-state index contributed by atoms with van der Waals surface area (Å²) < 4.78 is 15.1. The van der Waals surface area contributed by atoms with Crippen LogP contribution in [0.1, 0.15) is 24.1 Å². The molecule has 1 aromatic carbocycles. The summed E-state index contributed by atoms with van der Waals surface area (Å²) in [6.45, 7) is 1.78. The Labute approximate surface area is 181 Å². The van der Waals surface area contributed by atoms with E-state index in [0.717, 1.165) is 6.20 Å². The smallest absolute Gasteiger partial charge is 0.263 e. The van der Waals surface area contributed by atoms with Gasteiger partial charge in [0.1, 0.15) is 35.4 Å². The number of benzene rings is 1. The Balaban J connectivity index is 1.98. The number of nitrogens with zero attached hydrogens (tertiary/aromatic N) is 4. The van der Waals surface area contributed by atoms with Gasteiger partial charge in [0.05, 0.1) is 22.1 Å². The zero-order chi connectivity index (χ0) is 22.1. The topological polar surface area (TPSA) is 109 Å². The van der Waals surface area contributed by atoms with E-state index in [2.05, 4.69) is 15.3 Å². The maximum atomic E-state index is 13.9. The van der Waals surface area contributed by atoms with Crippen LogP contribution in [0.2, 0.25) is 5.02 Å². The van der Waals surface area contributed by atoms with Crippen LogP contribution in [-0.2, 0) is 0 Å². The van der Waals surface area contributed by atoms with Gasteiger partial charge < -0.3 is 11.1 Å². The maximum absolute atomic E-state index is 13.9. The predicted molar refractivity (Wildman–Crippen MR) is 117 cm³/mol. The lowest BCUT2D eigenvalue weighted by molar-refractivity contribution is 0.618. The fraction of sp³-hybridized carbons (Fsp3) is 0.0909. The molecule has 0 unspecified atom stereocenters. The lowest BCUT2D eigenvalue weighted by Gasteiger charge is -2.22. The molecule has 3 N–H and O–H groups in total. The number of nitrogens with two attached hydrogens (primary N) is 1. The number of hydrogen-bond donors (Lipinski definition) is 2. The Hall–Kier alpha value is -3.96. The Kier molecular flexibility index (Phi) is 5.28. The third-order valence-electron chi connectivity index (χ3n) is 4.91. The van der Waals surface area contributed by atoms with Gasteiger partial charge in [0, 0.05) is 11.8 Å². The highest BCUT2D eigenvalue weighted by atomic mass is 35.5. The molecule has 0 saturated carbocycles. The standard InChI is InChI=1S/C22H16ClFN6O/c1-12(29-21-15(9-25)20(26)27-11-28-21)17-18(13-5-3-2-4-6-13)22(31)30-10-14(24)7-8-16(30)19(17)23/h2-8,10-12H,1H3,(H3,26,27,28,29)/t12-/m0/s1. The summed E-state index contributed by atoms with van der Waals surface area (Å²) >= 11 is 6.74. The van der Waals surface area contributed by atoms with E-state index in [-0.39, 0.29) is 22.2 Å². The van der Waals surface area contributed by atoms with Crippen molar-refractivity contribution >= 4 is 28.8 Å². The van der Waals surface area contributed by atoms with Crippen molar-refractivity contribution < 1.29 is 4.39 Å². The van der Waals surface area contributed by atoms with E-state index in [1.165, 1.54) is 22.9 Å². The van der Waals surface area contributed by atoms with Crippen LogP contribution < -0.4 is 16.6 Å². The highest BCUT2D eigenvalue weighted by Gasteiger charge is 2.24. The minimum absolute atomic E-state index is 0.0376. The normalized spacial score (nSPS) is 11.8. The van der Waals surface area contributed by atoms with Gasteiger partial charge in [-0.2, -0.15) is 5.26 Å². The molecule has 9 heteroatoms. The van der Waals surface area contributed by atoms with E-state index < -0.39 is 17.4 Å². The molecule has 0 saturated heterocycles. The maximum Gasteiger partial charge on any atom is 0.263 e. The molecule has 3 aromatic heterocycles. The van der Waals surface area contributed by atoms with E-state index in [1.54, 1.807) is 31.2 Å². The Morgan fingerprint density at radius 3 is 2.68 bits per heavy atom. The molecular weight excluding hydrogens is 419 g/mol. The van der Waals surface area contributed by atoms with E-state index in [9.17, 15) is 14.4 Å². The monoisotopic (exact) mass is 434 g/mol. The van der Waals surface area contributed by atoms with Crippen LogP contribution in [-0.4, -0.2) is 14.4 Å². The van der Waals surface area contributed by atoms with Crippen molar-refractivity contribution in [3.8, 4) is 17.2 Å². The molecule has 154 valence electrons. The van der Waals surface area contributed by atoms with E-state index >= 15 is 0 Å². The summed E-state index contributed by atoms with van der Waals surface area (Å²) in [5.74, 6) is -0.300.